The molecular formula is C13H14F2N2S. The monoisotopic (exact) mass is 268 g/mol. The number of nitrogens with one attached hydrogen (secondary N) is 1. The third kappa shape index (κ3) is 2.73. The zero-order valence-corrected chi connectivity index (χ0v) is 11.0. The molecule has 96 valence electrons. The first-order valence-electron chi connectivity index (χ1n) is 5.72. The van der Waals surface area contributed by atoms with Crippen molar-refractivity contribution < 1.29 is 8.78 Å². The van der Waals surface area contributed by atoms with Crippen molar-refractivity contribution in [2.45, 2.75) is 19.9 Å². The average Bonchev–Trinajstić information content (AvgIpc) is 2.76. The molecule has 1 aromatic heterocycles. The highest BCUT2D eigenvalue weighted by molar-refractivity contribution is 7.09. The molecule has 0 fully saturated rings. The van der Waals surface area contributed by atoms with Crippen molar-refractivity contribution in [2.75, 3.05) is 6.54 Å². The molecule has 0 amide bonds. The third-order valence-corrected chi connectivity index (χ3v) is 3.40. The van der Waals surface area contributed by atoms with E-state index in [0.29, 0.717) is 12.1 Å². The van der Waals surface area contributed by atoms with Crippen LogP contribution >= 0.6 is 11.3 Å². The molecule has 0 aliphatic rings. The van der Waals surface area contributed by atoms with Crippen molar-refractivity contribution in [1.82, 2.24) is 10.3 Å². The van der Waals surface area contributed by atoms with Crippen LogP contribution in [0.2, 0.25) is 0 Å². The quantitative estimate of drug-likeness (QED) is 0.919. The Labute approximate surface area is 109 Å². The lowest BCUT2D eigenvalue weighted by molar-refractivity contribution is 0.540. The largest absolute Gasteiger partial charge is 0.305 e. The Hall–Kier alpha value is -1.33. The highest BCUT2D eigenvalue weighted by Gasteiger charge is 2.20. The first kappa shape index (κ1) is 13.1. The van der Waals surface area contributed by atoms with E-state index < -0.39 is 17.7 Å². The van der Waals surface area contributed by atoms with Crippen LogP contribution in [0.1, 0.15) is 29.2 Å². The molecule has 5 heteroatoms. The van der Waals surface area contributed by atoms with Crippen LogP contribution in [0.15, 0.2) is 23.6 Å². The van der Waals surface area contributed by atoms with Gasteiger partial charge in [0.15, 0.2) is 0 Å². The van der Waals surface area contributed by atoms with E-state index in [9.17, 15) is 8.78 Å². The molecule has 1 aromatic carbocycles. The van der Waals surface area contributed by atoms with Crippen LogP contribution in [-0.4, -0.2) is 11.5 Å². The lowest BCUT2D eigenvalue weighted by atomic mass is 10.0. The van der Waals surface area contributed by atoms with Gasteiger partial charge in [-0.3, -0.25) is 0 Å². The van der Waals surface area contributed by atoms with Crippen LogP contribution in [0.4, 0.5) is 8.78 Å². The fraction of sp³-hybridized carbons (Fsp3) is 0.308. The summed E-state index contributed by atoms with van der Waals surface area (Å²) < 4.78 is 27.1. The number of aryl methyl sites for hydroxylation is 1. The standard InChI is InChI=1S/C13H14F2N2S/c1-3-16-13(12-7-18-8(2)17-12)10-6-9(14)4-5-11(10)15/h4-7,13,16H,3H2,1-2H3. The maximum atomic E-state index is 13.8. The fourth-order valence-corrected chi connectivity index (χ4v) is 2.46. The number of hydrogen-bond donors (Lipinski definition) is 1. The number of rotatable bonds is 4. The van der Waals surface area contributed by atoms with Gasteiger partial charge in [-0.05, 0) is 31.7 Å². The minimum Gasteiger partial charge on any atom is -0.305 e. The Bertz CT molecular complexity index is 540. The van der Waals surface area contributed by atoms with Gasteiger partial charge in [0.05, 0.1) is 16.7 Å². The van der Waals surface area contributed by atoms with E-state index in [1.54, 1.807) is 0 Å². The summed E-state index contributed by atoms with van der Waals surface area (Å²) in [7, 11) is 0. The predicted molar refractivity (Wildman–Crippen MR) is 68.7 cm³/mol. The van der Waals surface area contributed by atoms with Gasteiger partial charge in [0.2, 0.25) is 0 Å². The fourth-order valence-electron chi connectivity index (χ4n) is 1.83. The summed E-state index contributed by atoms with van der Waals surface area (Å²) in [5, 5.41) is 5.91. The van der Waals surface area contributed by atoms with Gasteiger partial charge in [0, 0.05) is 10.9 Å². The second-order valence-corrected chi connectivity index (χ2v) is 5.01. The molecule has 0 radical (unpaired) electrons. The topological polar surface area (TPSA) is 24.9 Å². The van der Waals surface area contributed by atoms with Crippen LogP contribution in [0, 0.1) is 18.6 Å². The van der Waals surface area contributed by atoms with Gasteiger partial charge < -0.3 is 5.32 Å². The lowest BCUT2D eigenvalue weighted by Gasteiger charge is -2.17. The van der Waals surface area contributed by atoms with Gasteiger partial charge in [-0.15, -0.1) is 11.3 Å². The maximum Gasteiger partial charge on any atom is 0.128 e. The van der Waals surface area contributed by atoms with Gasteiger partial charge in [-0.25, -0.2) is 13.8 Å². The maximum absolute atomic E-state index is 13.8. The Morgan fingerprint density at radius 3 is 2.78 bits per heavy atom. The summed E-state index contributed by atoms with van der Waals surface area (Å²) in [5.41, 5.74) is 1.02. The Kier molecular flexibility index (Phi) is 4.04. The summed E-state index contributed by atoms with van der Waals surface area (Å²) in [4.78, 5) is 4.34. The van der Waals surface area contributed by atoms with E-state index in [0.717, 1.165) is 22.8 Å². The Morgan fingerprint density at radius 1 is 1.39 bits per heavy atom. The highest BCUT2D eigenvalue weighted by Crippen LogP contribution is 2.26. The number of aromatic nitrogens is 1. The van der Waals surface area contributed by atoms with E-state index in [4.69, 9.17) is 0 Å². The Morgan fingerprint density at radius 2 is 2.17 bits per heavy atom. The lowest BCUT2D eigenvalue weighted by Crippen LogP contribution is -2.23. The molecule has 0 aliphatic heterocycles. The molecule has 18 heavy (non-hydrogen) atoms. The minimum absolute atomic E-state index is 0.294. The van der Waals surface area contributed by atoms with E-state index in [1.807, 2.05) is 19.2 Å². The molecular weight excluding hydrogens is 254 g/mol. The normalized spacial score (nSPS) is 12.7. The van der Waals surface area contributed by atoms with Crippen LogP contribution in [0.25, 0.3) is 0 Å². The van der Waals surface area contributed by atoms with Crippen molar-refractivity contribution in [3.63, 3.8) is 0 Å². The average molecular weight is 268 g/mol. The first-order chi connectivity index (χ1) is 8.61. The van der Waals surface area contributed by atoms with Gasteiger partial charge in [-0.2, -0.15) is 0 Å². The van der Waals surface area contributed by atoms with Crippen LogP contribution in [0.5, 0.6) is 0 Å². The predicted octanol–water partition coefficient (Wildman–Crippen LogP) is 3.43. The zero-order chi connectivity index (χ0) is 13.1. The minimum atomic E-state index is -0.443. The molecule has 0 spiro atoms. The SMILES string of the molecule is CCNC(c1csc(C)n1)c1cc(F)ccc1F. The van der Waals surface area contributed by atoms with Crippen LogP contribution in [0.3, 0.4) is 0 Å². The smallest absolute Gasteiger partial charge is 0.128 e. The van der Waals surface area contributed by atoms with E-state index >= 15 is 0 Å². The number of halogens is 2. The summed E-state index contributed by atoms with van der Waals surface area (Å²) in [5.74, 6) is -0.866. The van der Waals surface area contributed by atoms with Gasteiger partial charge in [0.1, 0.15) is 11.6 Å². The molecule has 1 unspecified atom stereocenters. The van der Waals surface area contributed by atoms with Crippen molar-refractivity contribution in [1.29, 1.82) is 0 Å². The molecule has 1 heterocycles. The summed E-state index contributed by atoms with van der Waals surface area (Å²) in [6, 6.07) is 3.08. The number of benzene rings is 1. The first-order valence-corrected chi connectivity index (χ1v) is 6.60. The van der Waals surface area contributed by atoms with E-state index in [-0.39, 0.29) is 0 Å². The molecule has 0 saturated carbocycles. The number of hydrogen-bond acceptors (Lipinski definition) is 3. The Balaban J connectivity index is 2.44. The molecule has 0 bridgehead atoms. The molecule has 0 saturated heterocycles. The van der Waals surface area contributed by atoms with Crippen molar-refractivity contribution in [3.05, 3.63) is 51.5 Å². The summed E-state index contributed by atoms with van der Waals surface area (Å²) in [6.45, 7) is 4.46. The van der Waals surface area contributed by atoms with Crippen molar-refractivity contribution in [3.8, 4) is 0 Å². The van der Waals surface area contributed by atoms with Crippen LogP contribution < -0.4 is 5.32 Å². The summed E-state index contributed by atoms with van der Waals surface area (Å²) in [6.07, 6.45) is 0. The second-order valence-electron chi connectivity index (χ2n) is 3.95. The molecule has 0 aliphatic carbocycles. The molecule has 1 atom stereocenters. The zero-order valence-electron chi connectivity index (χ0n) is 10.2. The van der Waals surface area contributed by atoms with Crippen LogP contribution in [-0.2, 0) is 0 Å². The summed E-state index contributed by atoms with van der Waals surface area (Å²) >= 11 is 1.50. The van der Waals surface area contributed by atoms with Gasteiger partial charge in [-0.1, -0.05) is 6.92 Å². The van der Waals surface area contributed by atoms with E-state index in [1.165, 1.54) is 17.4 Å². The molecule has 2 rings (SSSR count). The molecule has 1 N–H and O–H groups in total. The van der Waals surface area contributed by atoms with Gasteiger partial charge >= 0.3 is 0 Å². The van der Waals surface area contributed by atoms with Gasteiger partial charge in [0.25, 0.3) is 0 Å². The number of nitrogens with zero attached hydrogens (tertiary/aromatic N) is 1. The molecule has 2 nitrogen and oxygen atoms in total. The van der Waals surface area contributed by atoms with Crippen molar-refractivity contribution >= 4 is 11.3 Å². The second kappa shape index (κ2) is 5.54. The van der Waals surface area contributed by atoms with E-state index in [2.05, 4.69) is 10.3 Å². The highest BCUT2D eigenvalue weighted by atomic mass is 32.1. The van der Waals surface area contributed by atoms with Crippen molar-refractivity contribution in [2.24, 2.45) is 0 Å². The molecule has 2 aromatic rings. The number of thiazole rings is 1. The third-order valence-electron chi connectivity index (χ3n) is 2.61.